The molecule has 0 aliphatic carbocycles. The van der Waals surface area contributed by atoms with Gasteiger partial charge in [-0.2, -0.15) is 0 Å². The summed E-state index contributed by atoms with van der Waals surface area (Å²) in [5.41, 5.74) is 2.18. The third kappa shape index (κ3) is 5.11. The van der Waals surface area contributed by atoms with Crippen LogP contribution in [0.15, 0.2) is 54.2 Å². The second-order valence-corrected chi connectivity index (χ2v) is 8.56. The first-order valence-electron chi connectivity index (χ1n) is 9.19. The predicted octanol–water partition coefficient (Wildman–Crippen LogP) is 4.47. The van der Waals surface area contributed by atoms with Gasteiger partial charge in [-0.1, -0.05) is 48.5 Å². The van der Waals surface area contributed by atoms with Crippen LogP contribution in [0.1, 0.15) is 22.2 Å². The zero-order valence-electron chi connectivity index (χ0n) is 16.1. The van der Waals surface area contributed by atoms with Crippen molar-refractivity contribution in [3.63, 3.8) is 0 Å². The monoisotopic (exact) mass is 412 g/mol. The molecule has 0 spiro atoms. The topological polar surface area (TPSA) is 59.8 Å². The lowest BCUT2D eigenvalue weighted by Crippen LogP contribution is -2.24. The summed E-state index contributed by atoms with van der Waals surface area (Å²) in [4.78, 5) is 14.8. The quantitative estimate of drug-likeness (QED) is 0.416. The zero-order chi connectivity index (χ0) is 19.9. The van der Waals surface area contributed by atoms with Gasteiger partial charge in [0.25, 0.3) is 0 Å². The average Bonchev–Trinajstić information content (AvgIpc) is 3.32. The molecule has 0 bridgehead atoms. The number of hydrogen-bond donors (Lipinski definition) is 1. The Balaban J connectivity index is 1.63. The molecule has 5 nitrogen and oxygen atoms in total. The van der Waals surface area contributed by atoms with E-state index in [2.05, 4.69) is 60.2 Å². The molecular weight excluding hydrogens is 388 g/mol. The minimum atomic E-state index is -0.0123. The van der Waals surface area contributed by atoms with Crippen LogP contribution in [0.4, 0.5) is 0 Å². The van der Waals surface area contributed by atoms with E-state index in [9.17, 15) is 4.79 Å². The molecule has 0 radical (unpaired) electrons. The normalized spacial score (nSPS) is 10.8. The summed E-state index contributed by atoms with van der Waals surface area (Å²) in [6.45, 7) is 9.18. The van der Waals surface area contributed by atoms with Gasteiger partial charge < -0.3 is 5.32 Å². The molecule has 7 heteroatoms. The Bertz CT molecular complexity index is 961. The number of allylic oxidation sites excluding steroid dienone is 1. The van der Waals surface area contributed by atoms with Crippen LogP contribution in [0.3, 0.4) is 0 Å². The summed E-state index contributed by atoms with van der Waals surface area (Å²) in [6, 6.07) is 12.3. The maximum absolute atomic E-state index is 12.3. The number of carbonyl (C=O) groups excluding carboxylic acids is 1. The molecular formula is C21H24N4OS2. The molecule has 0 aliphatic heterocycles. The molecule has 0 saturated carbocycles. The highest BCUT2D eigenvalue weighted by molar-refractivity contribution is 7.99. The Morgan fingerprint density at radius 2 is 2.11 bits per heavy atom. The van der Waals surface area contributed by atoms with Crippen molar-refractivity contribution in [3.8, 4) is 11.4 Å². The van der Waals surface area contributed by atoms with Gasteiger partial charge in [-0.15, -0.1) is 28.1 Å². The summed E-state index contributed by atoms with van der Waals surface area (Å²) in [5, 5.41) is 12.3. The Labute approximate surface area is 173 Å². The zero-order valence-corrected chi connectivity index (χ0v) is 17.8. The van der Waals surface area contributed by atoms with E-state index in [0.717, 1.165) is 23.0 Å². The SMILES string of the molecule is C=CCn1c(SCC(=O)NCc2ccc(CC)s2)nnc1-c1cccc(C)c1. The maximum Gasteiger partial charge on any atom is 0.230 e. The molecule has 1 N–H and O–H groups in total. The molecule has 0 fully saturated rings. The minimum Gasteiger partial charge on any atom is -0.350 e. The van der Waals surface area contributed by atoms with Crippen LogP contribution in [0.2, 0.25) is 0 Å². The molecule has 28 heavy (non-hydrogen) atoms. The summed E-state index contributed by atoms with van der Waals surface area (Å²) < 4.78 is 1.99. The highest BCUT2D eigenvalue weighted by Gasteiger charge is 2.15. The summed E-state index contributed by atoms with van der Waals surface area (Å²) >= 11 is 3.13. The lowest BCUT2D eigenvalue weighted by molar-refractivity contribution is -0.118. The van der Waals surface area contributed by atoms with E-state index in [1.165, 1.54) is 27.1 Å². The molecule has 3 rings (SSSR count). The van der Waals surface area contributed by atoms with Gasteiger partial charge in [0, 0.05) is 21.9 Å². The number of nitrogens with one attached hydrogen (secondary N) is 1. The summed E-state index contributed by atoms with van der Waals surface area (Å²) in [7, 11) is 0. The van der Waals surface area contributed by atoms with Crippen LogP contribution in [0.25, 0.3) is 11.4 Å². The molecule has 1 amide bonds. The number of benzene rings is 1. The Hall–Kier alpha value is -2.38. The van der Waals surface area contributed by atoms with Gasteiger partial charge in [-0.05, 0) is 31.5 Å². The first-order valence-corrected chi connectivity index (χ1v) is 11.0. The van der Waals surface area contributed by atoms with E-state index in [4.69, 9.17) is 0 Å². The minimum absolute atomic E-state index is 0.0123. The Morgan fingerprint density at radius 1 is 1.29 bits per heavy atom. The molecule has 0 unspecified atom stereocenters. The first kappa shape index (κ1) is 20.4. The van der Waals surface area contributed by atoms with Crippen molar-refractivity contribution in [1.82, 2.24) is 20.1 Å². The van der Waals surface area contributed by atoms with E-state index < -0.39 is 0 Å². The third-order valence-corrected chi connectivity index (χ3v) is 6.36. The smallest absolute Gasteiger partial charge is 0.230 e. The molecule has 2 heterocycles. The van der Waals surface area contributed by atoms with Crippen LogP contribution in [-0.4, -0.2) is 26.4 Å². The standard InChI is InChI=1S/C21H24N4OS2/c1-4-11-25-20(16-8-6-7-15(3)12-16)23-24-21(25)27-14-19(26)22-13-18-10-9-17(5-2)28-18/h4,6-10,12H,1,5,11,13-14H2,2-3H3,(H,22,26). The second-order valence-electron chi connectivity index (χ2n) is 6.36. The van der Waals surface area contributed by atoms with Gasteiger partial charge >= 0.3 is 0 Å². The van der Waals surface area contributed by atoms with Crippen molar-refractivity contribution < 1.29 is 4.79 Å². The van der Waals surface area contributed by atoms with Crippen molar-refractivity contribution in [1.29, 1.82) is 0 Å². The molecule has 2 aromatic heterocycles. The van der Waals surface area contributed by atoms with E-state index in [-0.39, 0.29) is 5.91 Å². The first-order chi connectivity index (χ1) is 13.6. The molecule has 0 saturated heterocycles. The van der Waals surface area contributed by atoms with Crippen molar-refractivity contribution in [2.75, 3.05) is 5.75 Å². The van der Waals surface area contributed by atoms with E-state index in [1.807, 2.05) is 22.8 Å². The largest absolute Gasteiger partial charge is 0.350 e. The van der Waals surface area contributed by atoms with Gasteiger partial charge in [-0.3, -0.25) is 9.36 Å². The number of aromatic nitrogens is 3. The van der Waals surface area contributed by atoms with Crippen LogP contribution >= 0.6 is 23.1 Å². The van der Waals surface area contributed by atoms with Gasteiger partial charge in [0.05, 0.1) is 12.3 Å². The second kappa shape index (κ2) is 9.71. The number of rotatable bonds is 9. The predicted molar refractivity (Wildman–Crippen MR) is 117 cm³/mol. The van der Waals surface area contributed by atoms with Gasteiger partial charge in [0.2, 0.25) is 5.91 Å². The third-order valence-electron chi connectivity index (χ3n) is 4.16. The molecule has 0 atom stereocenters. The van der Waals surface area contributed by atoms with Gasteiger partial charge in [0.1, 0.15) is 0 Å². The number of aryl methyl sites for hydroxylation is 2. The lowest BCUT2D eigenvalue weighted by atomic mass is 10.1. The number of amides is 1. The van der Waals surface area contributed by atoms with E-state index in [0.29, 0.717) is 18.8 Å². The fourth-order valence-corrected chi connectivity index (χ4v) is 4.44. The molecule has 3 aromatic rings. The highest BCUT2D eigenvalue weighted by atomic mass is 32.2. The van der Waals surface area contributed by atoms with E-state index in [1.54, 1.807) is 11.3 Å². The van der Waals surface area contributed by atoms with Crippen molar-refractivity contribution in [3.05, 3.63) is 64.4 Å². The van der Waals surface area contributed by atoms with Gasteiger partial charge in [-0.25, -0.2) is 0 Å². The summed E-state index contributed by atoms with van der Waals surface area (Å²) in [5.74, 6) is 1.08. The molecule has 0 aliphatic rings. The number of hydrogen-bond acceptors (Lipinski definition) is 5. The highest BCUT2D eigenvalue weighted by Crippen LogP contribution is 2.24. The summed E-state index contributed by atoms with van der Waals surface area (Å²) in [6.07, 6.45) is 2.84. The fraction of sp³-hybridized carbons (Fsp3) is 0.286. The molecule has 1 aromatic carbocycles. The fourth-order valence-electron chi connectivity index (χ4n) is 2.76. The maximum atomic E-state index is 12.3. The van der Waals surface area contributed by atoms with Crippen molar-refractivity contribution in [2.24, 2.45) is 0 Å². The lowest BCUT2D eigenvalue weighted by Gasteiger charge is -2.08. The van der Waals surface area contributed by atoms with Crippen LogP contribution in [0, 0.1) is 6.92 Å². The van der Waals surface area contributed by atoms with Crippen molar-refractivity contribution in [2.45, 2.75) is 38.5 Å². The van der Waals surface area contributed by atoms with Crippen LogP contribution in [-0.2, 0) is 24.3 Å². The Kier molecular flexibility index (Phi) is 7.06. The van der Waals surface area contributed by atoms with Crippen LogP contribution < -0.4 is 5.32 Å². The Morgan fingerprint density at radius 3 is 2.82 bits per heavy atom. The van der Waals surface area contributed by atoms with E-state index >= 15 is 0 Å². The van der Waals surface area contributed by atoms with Gasteiger partial charge in [0.15, 0.2) is 11.0 Å². The number of thioether (sulfide) groups is 1. The number of nitrogens with zero attached hydrogens (tertiary/aromatic N) is 3. The number of thiophene rings is 1. The van der Waals surface area contributed by atoms with Crippen molar-refractivity contribution >= 4 is 29.0 Å². The number of carbonyl (C=O) groups is 1. The average molecular weight is 413 g/mol. The van der Waals surface area contributed by atoms with Crippen LogP contribution in [0.5, 0.6) is 0 Å². The molecule has 146 valence electrons.